The fraction of sp³-hybridized carbons (Fsp3) is 0.438. The number of hydrogen-bond acceptors (Lipinski definition) is 4. The van der Waals surface area contributed by atoms with Crippen molar-refractivity contribution in [3.63, 3.8) is 0 Å². The first-order valence-corrected chi connectivity index (χ1v) is 7.71. The SMILES string of the molecule is CC[C@]1(C(=O)NCc2cccc(-n3cncn3)c2)CCCN1. The predicted molar refractivity (Wildman–Crippen MR) is 83.5 cm³/mol. The third kappa shape index (κ3) is 2.87. The van der Waals surface area contributed by atoms with Gasteiger partial charge >= 0.3 is 0 Å². The van der Waals surface area contributed by atoms with Crippen LogP contribution in [-0.2, 0) is 11.3 Å². The molecule has 0 bridgehead atoms. The Balaban J connectivity index is 1.66. The van der Waals surface area contributed by atoms with Crippen molar-refractivity contribution in [1.29, 1.82) is 0 Å². The lowest BCUT2D eigenvalue weighted by molar-refractivity contribution is -0.127. The van der Waals surface area contributed by atoms with E-state index in [1.807, 2.05) is 24.3 Å². The summed E-state index contributed by atoms with van der Waals surface area (Å²) in [7, 11) is 0. The van der Waals surface area contributed by atoms with Crippen LogP contribution >= 0.6 is 0 Å². The maximum Gasteiger partial charge on any atom is 0.240 e. The van der Waals surface area contributed by atoms with Crippen molar-refractivity contribution in [3.05, 3.63) is 42.5 Å². The van der Waals surface area contributed by atoms with Crippen LogP contribution in [0.25, 0.3) is 5.69 Å². The molecule has 1 amide bonds. The zero-order valence-electron chi connectivity index (χ0n) is 12.7. The summed E-state index contributed by atoms with van der Waals surface area (Å²) in [6, 6.07) is 7.94. The Morgan fingerprint density at radius 2 is 2.41 bits per heavy atom. The lowest BCUT2D eigenvalue weighted by atomic mass is 9.93. The van der Waals surface area contributed by atoms with Gasteiger partial charge in [0.25, 0.3) is 0 Å². The first-order chi connectivity index (χ1) is 10.7. The molecule has 22 heavy (non-hydrogen) atoms. The molecule has 1 aliphatic rings. The number of aromatic nitrogens is 3. The number of carbonyl (C=O) groups is 1. The number of amides is 1. The number of hydrogen-bond donors (Lipinski definition) is 2. The molecule has 1 fully saturated rings. The van der Waals surface area contributed by atoms with Crippen molar-refractivity contribution in [2.45, 2.75) is 38.3 Å². The molecule has 0 unspecified atom stereocenters. The predicted octanol–water partition coefficient (Wildman–Crippen LogP) is 1.42. The molecular formula is C16H21N5O. The molecule has 116 valence electrons. The highest BCUT2D eigenvalue weighted by atomic mass is 16.2. The molecule has 0 saturated carbocycles. The summed E-state index contributed by atoms with van der Waals surface area (Å²) in [6.07, 6.45) is 5.95. The highest BCUT2D eigenvalue weighted by Crippen LogP contribution is 2.23. The van der Waals surface area contributed by atoms with E-state index in [-0.39, 0.29) is 11.4 Å². The average Bonchev–Trinajstić information content (AvgIpc) is 3.24. The van der Waals surface area contributed by atoms with Gasteiger partial charge in [0.2, 0.25) is 5.91 Å². The Kier molecular flexibility index (Phi) is 4.20. The summed E-state index contributed by atoms with van der Waals surface area (Å²) in [5, 5.41) is 10.5. The molecule has 3 rings (SSSR count). The maximum atomic E-state index is 12.5. The maximum absolute atomic E-state index is 12.5. The second-order valence-corrected chi connectivity index (χ2v) is 5.66. The Bertz CT molecular complexity index is 632. The van der Waals surface area contributed by atoms with E-state index in [4.69, 9.17) is 0 Å². The van der Waals surface area contributed by atoms with Crippen LogP contribution in [0.3, 0.4) is 0 Å². The van der Waals surface area contributed by atoms with E-state index >= 15 is 0 Å². The van der Waals surface area contributed by atoms with Gasteiger partial charge in [0.05, 0.1) is 11.2 Å². The highest BCUT2D eigenvalue weighted by molar-refractivity contribution is 5.86. The zero-order chi connectivity index (χ0) is 15.4. The molecule has 6 nitrogen and oxygen atoms in total. The molecule has 2 N–H and O–H groups in total. The van der Waals surface area contributed by atoms with Gasteiger partial charge in [-0.2, -0.15) is 5.10 Å². The molecule has 1 saturated heterocycles. The van der Waals surface area contributed by atoms with Crippen LogP contribution in [0.1, 0.15) is 31.7 Å². The van der Waals surface area contributed by atoms with Gasteiger partial charge in [-0.1, -0.05) is 19.1 Å². The van der Waals surface area contributed by atoms with Gasteiger partial charge in [0, 0.05) is 6.54 Å². The van der Waals surface area contributed by atoms with Gasteiger partial charge in [0.1, 0.15) is 12.7 Å². The molecule has 2 aromatic rings. The van der Waals surface area contributed by atoms with Crippen LogP contribution in [0.15, 0.2) is 36.9 Å². The Morgan fingerprint density at radius 3 is 3.09 bits per heavy atom. The lowest BCUT2D eigenvalue weighted by Gasteiger charge is -2.26. The number of nitrogens with one attached hydrogen (secondary N) is 2. The summed E-state index contributed by atoms with van der Waals surface area (Å²) in [4.78, 5) is 16.4. The van der Waals surface area contributed by atoms with E-state index in [1.54, 1.807) is 11.0 Å². The summed E-state index contributed by atoms with van der Waals surface area (Å²) < 4.78 is 1.71. The van der Waals surface area contributed by atoms with Crippen molar-refractivity contribution >= 4 is 5.91 Å². The van der Waals surface area contributed by atoms with Gasteiger partial charge in [-0.3, -0.25) is 4.79 Å². The average molecular weight is 299 g/mol. The second-order valence-electron chi connectivity index (χ2n) is 5.66. The fourth-order valence-electron chi connectivity index (χ4n) is 2.96. The second kappa shape index (κ2) is 6.27. The molecule has 0 aliphatic carbocycles. The van der Waals surface area contributed by atoms with E-state index in [2.05, 4.69) is 27.6 Å². The first kappa shape index (κ1) is 14.7. The third-order valence-electron chi connectivity index (χ3n) is 4.33. The largest absolute Gasteiger partial charge is 0.350 e. The fourth-order valence-corrected chi connectivity index (χ4v) is 2.96. The van der Waals surface area contributed by atoms with E-state index in [0.29, 0.717) is 6.54 Å². The number of nitrogens with zero attached hydrogens (tertiary/aromatic N) is 3. The number of benzene rings is 1. The molecule has 0 radical (unpaired) electrons. The van der Waals surface area contributed by atoms with Crippen molar-refractivity contribution in [3.8, 4) is 5.69 Å². The molecule has 2 heterocycles. The summed E-state index contributed by atoms with van der Waals surface area (Å²) in [5.74, 6) is 0.0960. The standard InChI is InChI=1S/C16H21N5O/c1-2-16(7-4-8-19-16)15(22)18-10-13-5-3-6-14(9-13)21-12-17-11-20-21/h3,5-6,9,11-12,19H,2,4,7-8,10H2,1H3,(H,18,22)/t16-/m1/s1. The minimum Gasteiger partial charge on any atom is -0.350 e. The summed E-state index contributed by atoms with van der Waals surface area (Å²) in [5.41, 5.74) is 1.60. The van der Waals surface area contributed by atoms with E-state index in [9.17, 15) is 4.79 Å². The third-order valence-corrected chi connectivity index (χ3v) is 4.33. The van der Waals surface area contributed by atoms with E-state index in [1.165, 1.54) is 6.33 Å². The van der Waals surface area contributed by atoms with Crippen LogP contribution in [0, 0.1) is 0 Å². The van der Waals surface area contributed by atoms with Crippen molar-refractivity contribution < 1.29 is 4.79 Å². The zero-order valence-corrected chi connectivity index (χ0v) is 12.7. The van der Waals surface area contributed by atoms with Crippen molar-refractivity contribution in [2.24, 2.45) is 0 Å². The quantitative estimate of drug-likeness (QED) is 0.876. The smallest absolute Gasteiger partial charge is 0.240 e. The Hall–Kier alpha value is -2.21. The normalized spacial score (nSPS) is 21.0. The van der Waals surface area contributed by atoms with Gasteiger partial charge in [-0.15, -0.1) is 0 Å². The van der Waals surface area contributed by atoms with Gasteiger partial charge in [-0.25, -0.2) is 9.67 Å². The van der Waals surface area contributed by atoms with Crippen LogP contribution in [0.4, 0.5) is 0 Å². The van der Waals surface area contributed by atoms with Crippen molar-refractivity contribution in [2.75, 3.05) is 6.54 Å². The molecule has 6 heteroatoms. The first-order valence-electron chi connectivity index (χ1n) is 7.71. The van der Waals surface area contributed by atoms with Crippen LogP contribution in [-0.4, -0.2) is 32.8 Å². The molecule has 1 atom stereocenters. The highest BCUT2D eigenvalue weighted by Gasteiger charge is 2.38. The number of rotatable bonds is 5. The molecule has 0 spiro atoms. The summed E-state index contributed by atoms with van der Waals surface area (Å²) >= 11 is 0. The lowest BCUT2D eigenvalue weighted by Crippen LogP contribution is -2.52. The van der Waals surface area contributed by atoms with Gasteiger partial charge in [-0.05, 0) is 43.5 Å². The monoisotopic (exact) mass is 299 g/mol. The van der Waals surface area contributed by atoms with Crippen LogP contribution < -0.4 is 10.6 Å². The minimum atomic E-state index is -0.385. The van der Waals surface area contributed by atoms with E-state index in [0.717, 1.165) is 37.1 Å². The molecular weight excluding hydrogens is 278 g/mol. The van der Waals surface area contributed by atoms with Gasteiger partial charge in [0.15, 0.2) is 0 Å². The number of carbonyl (C=O) groups excluding carboxylic acids is 1. The van der Waals surface area contributed by atoms with Crippen molar-refractivity contribution in [1.82, 2.24) is 25.4 Å². The Morgan fingerprint density at radius 1 is 1.50 bits per heavy atom. The molecule has 1 aromatic carbocycles. The van der Waals surface area contributed by atoms with E-state index < -0.39 is 0 Å². The van der Waals surface area contributed by atoms with Gasteiger partial charge < -0.3 is 10.6 Å². The summed E-state index contributed by atoms with van der Waals surface area (Å²) in [6.45, 7) is 3.50. The Labute approximate surface area is 129 Å². The van der Waals surface area contributed by atoms with Crippen LogP contribution in [0.2, 0.25) is 0 Å². The molecule has 1 aromatic heterocycles. The molecule has 1 aliphatic heterocycles. The minimum absolute atomic E-state index is 0.0960. The van der Waals surface area contributed by atoms with Crippen LogP contribution in [0.5, 0.6) is 0 Å². The topological polar surface area (TPSA) is 71.8 Å².